The topological polar surface area (TPSA) is 78.8 Å². The standard InChI is InChI=1S/C18H19BrClNO4/c19-13-6-7-14(15(20)10-13)17(23)16(22)8-9-21-18(24)25-11-12-4-2-1-3-5-12/h1-7,10,16-17,22-23H,8-9,11H2,(H,21,24). The van der Waals surface area contributed by atoms with E-state index in [1.807, 2.05) is 30.3 Å². The molecule has 0 spiro atoms. The zero-order valence-electron chi connectivity index (χ0n) is 13.4. The fourth-order valence-electron chi connectivity index (χ4n) is 2.20. The maximum Gasteiger partial charge on any atom is 0.407 e. The summed E-state index contributed by atoms with van der Waals surface area (Å²) in [5.41, 5.74) is 1.32. The van der Waals surface area contributed by atoms with Gasteiger partial charge in [-0.05, 0) is 24.1 Å². The van der Waals surface area contributed by atoms with Gasteiger partial charge in [0.25, 0.3) is 0 Å². The molecule has 2 aromatic rings. The first-order valence-electron chi connectivity index (χ1n) is 7.73. The third kappa shape index (κ3) is 6.32. The summed E-state index contributed by atoms with van der Waals surface area (Å²) in [6, 6.07) is 14.3. The first-order valence-corrected chi connectivity index (χ1v) is 8.90. The fourth-order valence-corrected chi connectivity index (χ4v) is 2.99. The van der Waals surface area contributed by atoms with Crippen LogP contribution in [0.25, 0.3) is 0 Å². The molecule has 0 radical (unpaired) electrons. The van der Waals surface area contributed by atoms with Crippen molar-refractivity contribution in [2.75, 3.05) is 6.54 Å². The van der Waals surface area contributed by atoms with Crippen LogP contribution in [-0.4, -0.2) is 29.0 Å². The minimum Gasteiger partial charge on any atom is -0.445 e. The molecule has 25 heavy (non-hydrogen) atoms. The molecule has 0 bridgehead atoms. The van der Waals surface area contributed by atoms with Crippen molar-refractivity contribution in [3.63, 3.8) is 0 Å². The Morgan fingerprint density at radius 1 is 1.20 bits per heavy atom. The van der Waals surface area contributed by atoms with Gasteiger partial charge in [-0.2, -0.15) is 0 Å². The van der Waals surface area contributed by atoms with Gasteiger partial charge in [0, 0.05) is 21.6 Å². The monoisotopic (exact) mass is 427 g/mol. The van der Waals surface area contributed by atoms with E-state index in [0.29, 0.717) is 10.6 Å². The first kappa shape index (κ1) is 19.7. The van der Waals surface area contributed by atoms with E-state index in [2.05, 4.69) is 21.2 Å². The lowest BCUT2D eigenvalue weighted by molar-refractivity contribution is 0.0137. The van der Waals surface area contributed by atoms with E-state index in [9.17, 15) is 15.0 Å². The summed E-state index contributed by atoms with van der Waals surface area (Å²) < 4.78 is 5.85. The van der Waals surface area contributed by atoms with E-state index in [1.165, 1.54) is 0 Å². The molecule has 7 heteroatoms. The number of halogens is 2. The molecule has 5 nitrogen and oxygen atoms in total. The largest absolute Gasteiger partial charge is 0.445 e. The molecule has 3 N–H and O–H groups in total. The van der Waals surface area contributed by atoms with Crippen molar-refractivity contribution in [2.24, 2.45) is 0 Å². The third-order valence-electron chi connectivity index (χ3n) is 3.57. The van der Waals surface area contributed by atoms with Crippen LogP contribution in [0.1, 0.15) is 23.7 Å². The van der Waals surface area contributed by atoms with Crippen LogP contribution in [-0.2, 0) is 11.3 Å². The smallest absolute Gasteiger partial charge is 0.407 e. The van der Waals surface area contributed by atoms with E-state index in [1.54, 1.807) is 18.2 Å². The molecule has 0 aliphatic rings. The quantitative estimate of drug-likeness (QED) is 0.626. The van der Waals surface area contributed by atoms with Crippen LogP contribution in [0.2, 0.25) is 5.02 Å². The van der Waals surface area contributed by atoms with Gasteiger partial charge in [0.1, 0.15) is 12.7 Å². The Hall–Kier alpha value is -1.60. The summed E-state index contributed by atoms with van der Waals surface area (Å²) in [4.78, 5) is 11.6. The number of hydrogen-bond acceptors (Lipinski definition) is 4. The molecule has 0 saturated carbocycles. The van der Waals surface area contributed by atoms with E-state index in [4.69, 9.17) is 16.3 Å². The zero-order chi connectivity index (χ0) is 18.2. The van der Waals surface area contributed by atoms with Gasteiger partial charge in [-0.15, -0.1) is 0 Å². The van der Waals surface area contributed by atoms with Crippen LogP contribution >= 0.6 is 27.5 Å². The Labute approximate surface area is 159 Å². The highest BCUT2D eigenvalue weighted by molar-refractivity contribution is 9.10. The van der Waals surface area contributed by atoms with Gasteiger partial charge in [-0.3, -0.25) is 0 Å². The number of carbonyl (C=O) groups excluding carboxylic acids is 1. The van der Waals surface area contributed by atoms with Crippen LogP contribution in [0, 0.1) is 0 Å². The lowest BCUT2D eigenvalue weighted by Gasteiger charge is -2.19. The molecule has 0 fully saturated rings. The van der Waals surface area contributed by atoms with Crippen LogP contribution < -0.4 is 5.32 Å². The Kier molecular flexibility index (Phi) is 7.71. The lowest BCUT2D eigenvalue weighted by Crippen LogP contribution is -2.29. The molecule has 2 aromatic carbocycles. The Morgan fingerprint density at radius 3 is 2.60 bits per heavy atom. The summed E-state index contributed by atoms with van der Waals surface area (Å²) >= 11 is 9.34. The van der Waals surface area contributed by atoms with E-state index in [-0.39, 0.29) is 19.6 Å². The second-order valence-electron chi connectivity index (χ2n) is 5.46. The van der Waals surface area contributed by atoms with E-state index < -0.39 is 18.3 Å². The van der Waals surface area contributed by atoms with Crippen molar-refractivity contribution in [1.29, 1.82) is 0 Å². The predicted molar refractivity (Wildman–Crippen MR) is 99.4 cm³/mol. The number of nitrogens with one attached hydrogen (secondary N) is 1. The number of aliphatic hydroxyl groups excluding tert-OH is 2. The number of alkyl carbamates (subject to hydrolysis) is 1. The molecule has 2 rings (SSSR count). The molecule has 0 aliphatic carbocycles. The Morgan fingerprint density at radius 2 is 1.92 bits per heavy atom. The molecule has 2 atom stereocenters. The van der Waals surface area contributed by atoms with Crippen LogP contribution in [0.3, 0.4) is 0 Å². The van der Waals surface area contributed by atoms with Gasteiger partial charge in [-0.1, -0.05) is 63.9 Å². The van der Waals surface area contributed by atoms with E-state index in [0.717, 1.165) is 10.0 Å². The minimum absolute atomic E-state index is 0.161. The predicted octanol–water partition coefficient (Wildman–Crippen LogP) is 3.81. The van der Waals surface area contributed by atoms with Gasteiger partial charge >= 0.3 is 6.09 Å². The lowest BCUT2D eigenvalue weighted by atomic mass is 10.0. The summed E-state index contributed by atoms with van der Waals surface area (Å²) in [5.74, 6) is 0. The molecule has 1 amide bonds. The normalized spacial score (nSPS) is 13.1. The second kappa shape index (κ2) is 9.77. The number of carbonyl (C=O) groups is 1. The zero-order valence-corrected chi connectivity index (χ0v) is 15.7. The summed E-state index contributed by atoms with van der Waals surface area (Å²) in [6.45, 7) is 0.340. The van der Waals surface area contributed by atoms with Crippen molar-refractivity contribution in [3.8, 4) is 0 Å². The third-order valence-corrected chi connectivity index (χ3v) is 4.39. The van der Waals surface area contributed by atoms with Gasteiger partial charge in [-0.25, -0.2) is 4.79 Å². The van der Waals surface area contributed by atoms with Crippen molar-refractivity contribution < 1.29 is 19.7 Å². The summed E-state index contributed by atoms with van der Waals surface area (Å²) in [7, 11) is 0. The first-order chi connectivity index (χ1) is 12.0. The maximum atomic E-state index is 11.6. The molecule has 0 aliphatic heterocycles. The highest BCUT2D eigenvalue weighted by Crippen LogP contribution is 2.29. The number of rotatable bonds is 7. The molecular formula is C18H19BrClNO4. The molecular weight excluding hydrogens is 410 g/mol. The van der Waals surface area contributed by atoms with Gasteiger partial charge in [0.15, 0.2) is 0 Å². The van der Waals surface area contributed by atoms with Crippen LogP contribution in [0.15, 0.2) is 53.0 Å². The Balaban J connectivity index is 1.74. The SMILES string of the molecule is O=C(NCCC(O)C(O)c1ccc(Br)cc1Cl)OCc1ccccc1. The summed E-state index contributed by atoms with van der Waals surface area (Å²) in [5, 5.41) is 23.2. The fraction of sp³-hybridized carbons (Fsp3) is 0.278. The van der Waals surface area contributed by atoms with Gasteiger partial charge in [0.05, 0.1) is 6.10 Å². The van der Waals surface area contributed by atoms with Crippen molar-refractivity contribution in [1.82, 2.24) is 5.32 Å². The minimum atomic E-state index is -1.14. The highest BCUT2D eigenvalue weighted by atomic mass is 79.9. The number of aliphatic hydroxyl groups is 2. The second-order valence-corrected chi connectivity index (χ2v) is 6.78. The number of ether oxygens (including phenoxy) is 1. The number of amides is 1. The molecule has 0 saturated heterocycles. The maximum absolute atomic E-state index is 11.6. The molecule has 134 valence electrons. The van der Waals surface area contributed by atoms with Crippen molar-refractivity contribution in [3.05, 3.63) is 69.2 Å². The van der Waals surface area contributed by atoms with Crippen molar-refractivity contribution in [2.45, 2.75) is 25.2 Å². The molecule has 0 heterocycles. The van der Waals surface area contributed by atoms with Crippen LogP contribution in [0.4, 0.5) is 4.79 Å². The average molecular weight is 429 g/mol. The molecule has 2 unspecified atom stereocenters. The Bertz CT molecular complexity index is 699. The van der Waals surface area contributed by atoms with Crippen molar-refractivity contribution >= 4 is 33.6 Å². The van der Waals surface area contributed by atoms with E-state index >= 15 is 0 Å². The highest BCUT2D eigenvalue weighted by Gasteiger charge is 2.21. The van der Waals surface area contributed by atoms with Crippen LogP contribution in [0.5, 0.6) is 0 Å². The summed E-state index contributed by atoms with van der Waals surface area (Å²) in [6.07, 6.45) is -2.61. The molecule has 0 aromatic heterocycles. The number of benzene rings is 2. The number of hydrogen-bond donors (Lipinski definition) is 3. The average Bonchev–Trinajstić information content (AvgIpc) is 2.60. The van der Waals surface area contributed by atoms with Gasteiger partial charge < -0.3 is 20.3 Å². The van der Waals surface area contributed by atoms with Gasteiger partial charge in [0.2, 0.25) is 0 Å².